The third-order valence-corrected chi connectivity index (χ3v) is 3.97. The predicted octanol–water partition coefficient (Wildman–Crippen LogP) is 2.22. The highest BCUT2D eigenvalue weighted by molar-refractivity contribution is 7.80. The maximum Gasteiger partial charge on any atom is 0.228 e. The third kappa shape index (κ3) is 4.03. The van der Waals surface area contributed by atoms with E-state index in [0.29, 0.717) is 34.8 Å². The second-order valence-electron chi connectivity index (χ2n) is 6.18. The third-order valence-electron chi connectivity index (χ3n) is 3.77. The van der Waals surface area contributed by atoms with Crippen molar-refractivity contribution in [2.24, 2.45) is 22.6 Å². The van der Waals surface area contributed by atoms with Gasteiger partial charge in [0.25, 0.3) is 0 Å². The number of rotatable bonds is 6. The smallest absolute Gasteiger partial charge is 0.228 e. The Labute approximate surface area is 147 Å². The van der Waals surface area contributed by atoms with E-state index in [1.807, 2.05) is 18.2 Å². The molecule has 1 aliphatic heterocycles. The largest absolute Gasteiger partial charge is 0.493 e. The monoisotopic (exact) mass is 349 g/mol. The fraction of sp³-hybridized carbons (Fsp3) is 0.471. The van der Waals surface area contributed by atoms with Gasteiger partial charge in [0.15, 0.2) is 16.6 Å². The topological polar surface area (TPSA) is 85.9 Å². The Morgan fingerprint density at radius 2 is 2.12 bits per heavy atom. The summed E-state index contributed by atoms with van der Waals surface area (Å²) in [5.41, 5.74) is 7.00. The number of carbonyl (C=O) groups is 1. The van der Waals surface area contributed by atoms with E-state index in [4.69, 9.17) is 27.4 Å². The number of benzene rings is 1. The number of amides is 1. The van der Waals surface area contributed by atoms with Crippen LogP contribution in [-0.4, -0.2) is 30.4 Å². The van der Waals surface area contributed by atoms with Crippen LogP contribution in [0.25, 0.3) is 0 Å². The molecule has 0 saturated carbocycles. The van der Waals surface area contributed by atoms with E-state index in [-0.39, 0.29) is 6.04 Å². The van der Waals surface area contributed by atoms with Crippen LogP contribution in [0, 0.1) is 11.8 Å². The Bertz CT molecular complexity index is 673. The van der Waals surface area contributed by atoms with Crippen LogP contribution >= 0.6 is 12.2 Å². The van der Waals surface area contributed by atoms with E-state index < -0.39 is 11.8 Å². The number of thiocarbonyl (C=S) groups is 1. The Morgan fingerprint density at radius 3 is 2.71 bits per heavy atom. The zero-order chi connectivity index (χ0) is 17.9. The Hall–Kier alpha value is -2.15. The first-order valence-electron chi connectivity index (χ1n) is 7.79. The molecule has 1 aromatic rings. The molecule has 0 radical (unpaired) electrons. The normalized spacial score (nSPS) is 20.4. The molecule has 2 atom stereocenters. The molecular weight excluding hydrogens is 326 g/mol. The zero-order valence-electron chi connectivity index (χ0n) is 14.3. The van der Waals surface area contributed by atoms with Crippen LogP contribution in [0.4, 0.5) is 0 Å². The molecule has 130 valence electrons. The van der Waals surface area contributed by atoms with Gasteiger partial charge in [0, 0.05) is 5.71 Å². The van der Waals surface area contributed by atoms with E-state index in [9.17, 15) is 4.79 Å². The predicted molar refractivity (Wildman–Crippen MR) is 97.6 cm³/mol. The first-order chi connectivity index (χ1) is 11.3. The number of hydrogen-bond acceptors (Lipinski definition) is 4. The van der Waals surface area contributed by atoms with Gasteiger partial charge in [0.05, 0.1) is 19.8 Å². The van der Waals surface area contributed by atoms with Gasteiger partial charge in [-0.2, -0.15) is 0 Å². The number of primary amides is 1. The standard InChI is InChI=1S/C17H23N3O3S/c1-9(2)8-23-12-6-5-11(7-13(12)22-4)15-14(16(18)21)10(3)19-17(24)20-15/h5-7,9,14-15H,8H2,1-4H3,(H2,18,21)(H,20,24). The van der Waals surface area contributed by atoms with E-state index in [2.05, 4.69) is 24.2 Å². The van der Waals surface area contributed by atoms with Gasteiger partial charge in [-0.25, -0.2) is 4.99 Å². The highest BCUT2D eigenvalue weighted by Gasteiger charge is 2.34. The Balaban J connectivity index is 2.35. The van der Waals surface area contributed by atoms with E-state index >= 15 is 0 Å². The van der Waals surface area contributed by atoms with Gasteiger partial charge in [0.1, 0.15) is 5.92 Å². The summed E-state index contributed by atoms with van der Waals surface area (Å²) in [6.45, 7) is 6.50. The minimum absolute atomic E-state index is 0.342. The molecule has 1 aromatic carbocycles. The molecule has 6 nitrogen and oxygen atoms in total. The van der Waals surface area contributed by atoms with Gasteiger partial charge in [0.2, 0.25) is 5.91 Å². The molecular formula is C17H23N3O3S. The number of nitrogens with one attached hydrogen (secondary N) is 1. The molecule has 0 spiro atoms. The van der Waals surface area contributed by atoms with Crippen LogP contribution in [0.2, 0.25) is 0 Å². The van der Waals surface area contributed by atoms with Gasteiger partial charge in [-0.3, -0.25) is 4.79 Å². The molecule has 2 unspecified atom stereocenters. The molecule has 0 saturated heterocycles. The molecule has 1 amide bonds. The second-order valence-corrected chi connectivity index (χ2v) is 6.56. The summed E-state index contributed by atoms with van der Waals surface area (Å²) in [7, 11) is 1.58. The average molecular weight is 349 g/mol. The molecule has 1 heterocycles. The number of ether oxygens (including phenoxy) is 2. The molecule has 24 heavy (non-hydrogen) atoms. The van der Waals surface area contributed by atoms with E-state index in [1.165, 1.54) is 0 Å². The number of nitrogens with zero attached hydrogens (tertiary/aromatic N) is 1. The fourth-order valence-electron chi connectivity index (χ4n) is 2.62. The molecule has 1 aliphatic rings. The summed E-state index contributed by atoms with van der Waals surface area (Å²) in [6, 6.07) is 5.18. The van der Waals surface area contributed by atoms with Gasteiger partial charge in [-0.05, 0) is 42.8 Å². The zero-order valence-corrected chi connectivity index (χ0v) is 15.1. The lowest BCUT2D eigenvalue weighted by Crippen LogP contribution is -2.45. The van der Waals surface area contributed by atoms with Crippen molar-refractivity contribution in [2.75, 3.05) is 13.7 Å². The summed E-state index contributed by atoms with van der Waals surface area (Å²) < 4.78 is 11.2. The van der Waals surface area contributed by atoms with Crippen molar-refractivity contribution >= 4 is 28.9 Å². The van der Waals surface area contributed by atoms with Crippen molar-refractivity contribution in [1.29, 1.82) is 0 Å². The minimum Gasteiger partial charge on any atom is -0.493 e. The summed E-state index contributed by atoms with van der Waals surface area (Å²) in [6.07, 6.45) is 0. The van der Waals surface area contributed by atoms with Gasteiger partial charge >= 0.3 is 0 Å². The maximum absolute atomic E-state index is 11.9. The van der Waals surface area contributed by atoms with Gasteiger partial charge in [-0.15, -0.1) is 0 Å². The second kappa shape index (κ2) is 7.61. The number of aliphatic imine (C=N–C) groups is 1. The maximum atomic E-state index is 11.9. The van der Waals surface area contributed by atoms with Gasteiger partial charge < -0.3 is 20.5 Å². The van der Waals surface area contributed by atoms with Crippen molar-refractivity contribution in [3.63, 3.8) is 0 Å². The van der Waals surface area contributed by atoms with Crippen LogP contribution in [0.15, 0.2) is 23.2 Å². The average Bonchev–Trinajstić information content (AvgIpc) is 2.51. The van der Waals surface area contributed by atoms with Crippen molar-refractivity contribution in [3.05, 3.63) is 23.8 Å². The van der Waals surface area contributed by atoms with E-state index in [0.717, 1.165) is 5.56 Å². The molecule has 7 heteroatoms. The Morgan fingerprint density at radius 1 is 1.42 bits per heavy atom. The Kier molecular flexibility index (Phi) is 5.77. The first-order valence-corrected chi connectivity index (χ1v) is 8.20. The van der Waals surface area contributed by atoms with Crippen LogP contribution in [0.1, 0.15) is 32.4 Å². The van der Waals surface area contributed by atoms with Crippen molar-refractivity contribution in [2.45, 2.75) is 26.8 Å². The van der Waals surface area contributed by atoms with Crippen LogP contribution in [-0.2, 0) is 4.79 Å². The SMILES string of the molecule is COc1cc(C2NC(=S)N=C(C)C2C(N)=O)ccc1OCC(C)C. The van der Waals surface area contributed by atoms with Crippen LogP contribution < -0.4 is 20.5 Å². The van der Waals surface area contributed by atoms with Gasteiger partial charge in [-0.1, -0.05) is 19.9 Å². The lowest BCUT2D eigenvalue weighted by Gasteiger charge is -2.30. The van der Waals surface area contributed by atoms with Crippen molar-refractivity contribution in [3.8, 4) is 11.5 Å². The highest BCUT2D eigenvalue weighted by Crippen LogP contribution is 2.34. The summed E-state index contributed by atoms with van der Waals surface area (Å²) in [5.74, 6) is 0.655. The summed E-state index contributed by atoms with van der Waals surface area (Å²) >= 11 is 5.15. The highest BCUT2D eigenvalue weighted by atomic mass is 32.1. The van der Waals surface area contributed by atoms with Crippen molar-refractivity contribution in [1.82, 2.24) is 5.32 Å². The van der Waals surface area contributed by atoms with Crippen LogP contribution in [0.5, 0.6) is 11.5 Å². The van der Waals surface area contributed by atoms with Crippen molar-refractivity contribution < 1.29 is 14.3 Å². The number of methoxy groups -OCH3 is 1. The molecule has 3 N–H and O–H groups in total. The summed E-state index contributed by atoms with van der Waals surface area (Å²) in [4.78, 5) is 16.0. The first kappa shape index (κ1) is 18.2. The molecule has 0 aromatic heterocycles. The van der Waals surface area contributed by atoms with E-state index in [1.54, 1.807) is 14.0 Å². The molecule has 2 rings (SSSR count). The lowest BCUT2D eigenvalue weighted by molar-refractivity contribution is -0.120. The van der Waals surface area contributed by atoms with Crippen LogP contribution in [0.3, 0.4) is 0 Å². The quantitative estimate of drug-likeness (QED) is 0.769. The fourth-order valence-corrected chi connectivity index (χ4v) is 2.89. The number of carbonyl (C=O) groups excluding carboxylic acids is 1. The molecule has 0 bridgehead atoms. The molecule has 0 fully saturated rings. The number of nitrogens with two attached hydrogens (primary N) is 1. The number of hydrogen-bond donors (Lipinski definition) is 2. The minimum atomic E-state index is -0.566. The summed E-state index contributed by atoms with van der Waals surface area (Å²) in [5, 5.41) is 3.40. The molecule has 0 aliphatic carbocycles. The lowest BCUT2D eigenvalue weighted by atomic mass is 9.87.